The van der Waals surface area contributed by atoms with Gasteiger partial charge in [0.1, 0.15) is 0 Å². The monoisotopic (exact) mass is 175 g/mol. The van der Waals surface area contributed by atoms with Crippen LogP contribution in [-0.2, 0) is 0 Å². The topological polar surface area (TPSA) is 0 Å². The van der Waals surface area contributed by atoms with Crippen molar-refractivity contribution in [1.29, 1.82) is 0 Å². The molecule has 71 valence electrons. The molecule has 0 spiro atoms. The molecule has 0 fully saturated rings. The maximum atomic E-state index is 7.13. The van der Waals surface area contributed by atoms with Gasteiger partial charge >= 0.3 is 0 Å². The zero-order valence-electron chi connectivity index (χ0n) is 8.60. The molecule has 1 atom stereocenters. The molecule has 0 aliphatic rings. The van der Waals surface area contributed by atoms with Crippen LogP contribution in [-0.4, -0.2) is 0 Å². The van der Waals surface area contributed by atoms with Crippen molar-refractivity contribution in [2.24, 2.45) is 5.92 Å². The smallest absolute Gasteiger partial charge is 0.0213 e. The lowest BCUT2D eigenvalue weighted by molar-refractivity contribution is 0.506. The van der Waals surface area contributed by atoms with Gasteiger partial charge in [0.25, 0.3) is 0 Å². The summed E-state index contributed by atoms with van der Waals surface area (Å²) < 4.78 is 0. The van der Waals surface area contributed by atoms with Crippen molar-refractivity contribution < 1.29 is 0 Å². The Morgan fingerprint density at radius 2 is 1.92 bits per heavy atom. The highest BCUT2D eigenvalue weighted by molar-refractivity contribution is 4.87. The van der Waals surface area contributed by atoms with E-state index in [1.54, 1.807) is 0 Å². The second-order valence-corrected chi connectivity index (χ2v) is 3.43. The average Bonchev–Trinajstić information content (AvgIpc) is 2.17. The Hall–Kier alpha value is -0.880. The fraction of sp³-hybridized carbons (Fsp3) is 0.692. The molecule has 0 saturated heterocycles. The molecule has 0 saturated carbocycles. The highest BCUT2D eigenvalue weighted by atomic mass is 14.1. The number of unbranched alkanes of at least 4 members (excludes halogenated alkanes) is 3. The molecule has 0 rings (SSSR count). The van der Waals surface area contributed by atoms with E-state index in [1.807, 2.05) is 0 Å². The van der Waals surface area contributed by atoms with Gasteiger partial charge in [-0.25, -0.2) is 0 Å². The molecule has 0 aliphatic heterocycles. The third kappa shape index (κ3) is 7.48. The zero-order chi connectivity index (χ0) is 9.94. The van der Waals surface area contributed by atoms with Crippen molar-refractivity contribution in [3.63, 3.8) is 0 Å². The Morgan fingerprint density at radius 3 is 2.46 bits per heavy atom. The van der Waals surface area contributed by atoms with E-state index in [4.69, 9.17) is 12.8 Å². The van der Waals surface area contributed by atoms with Crippen LogP contribution in [0.5, 0.6) is 0 Å². The molecule has 0 heteroatoms. The second-order valence-electron chi connectivity index (χ2n) is 3.43. The van der Waals surface area contributed by atoms with Gasteiger partial charge in [-0.15, -0.1) is 12.3 Å². The molecule has 0 heterocycles. The molecule has 1 radical (unpaired) electrons. The van der Waals surface area contributed by atoms with Crippen molar-refractivity contribution in [2.45, 2.75) is 51.9 Å². The molecule has 0 aromatic heterocycles. The van der Waals surface area contributed by atoms with Gasteiger partial charge in [0.05, 0.1) is 0 Å². The van der Waals surface area contributed by atoms with Crippen LogP contribution >= 0.6 is 0 Å². The van der Waals surface area contributed by atoms with Crippen LogP contribution in [0.4, 0.5) is 0 Å². The van der Waals surface area contributed by atoms with Gasteiger partial charge in [0.2, 0.25) is 0 Å². The molecule has 0 aromatic rings. The van der Waals surface area contributed by atoms with E-state index in [0.717, 1.165) is 32.1 Å². The third-order valence-corrected chi connectivity index (χ3v) is 2.23. The number of hydrogen-bond donors (Lipinski definition) is 0. The highest BCUT2D eigenvalue weighted by Gasteiger charge is 2.03. The lowest BCUT2D eigenvalue weighted by Gasteiger charge is -2.08. The first kappa shape index (κ1) is 12.1. The summed E-state index contributed by atoms with van der Waals surface area (Å²) >= 11 is 0. The number of rotatable bonds is 7. The van der Waals surface area contributed by atoms with Gasteiger partial charge in [-0.05, 0) is 25.7 Å². The van der Waals surface area contributed by atoms with Crippen molar-refractivity contribution >= 4 is 0 Å². The molecule has 0 aromatic carbocycles. The summed E-state index contributed by atoms with van der Waals surface area (Å²) in [6, 6.07) is 0. The van der Waals surface area contributed by atoms with E-state index in [1.165, 1.54) is 12.8 Å². The summed E-state index contributed by atoms with van der Waals surface area (Å²) in [5.41, 5.74) is 0. The molecule has 0 nitrogen and oxygen atoms in total. The van der Waals surface area contributed by atoms with Crippen LogP contribution in [0.15, 0.2) is 0 Å². The van der Waals surface area contributed by atoms with Crippen molar-refractivity contribution in [3.05, 3.63) is 6.42 Å². The second kappa shape index (κ2) is 9.21. The number of terminal acetylenes is 1. The molecule has 0 bridgehead atoms. The van der Waals surface area contributed by atoms with Crippen LogP contribution in [0.3, 0.4) is 0 Å². The van der Waals surface area contributed by atoms with Crippen LogP contribution in [0.2, 0.25) is 0 Å². The average molecular weight is 175 g/mol. The van der Waals surface area contributed by atoms with Gasteiger partial charge in [-0.2, -0.15) is 0 Å². The molecule has 0 aliphatic carbocycles. The van der Waals surface area contributed by atoms with Gasteiger partial charge in [-0.1, -0.05) is 32.1 Å². The third-order valence-electron chi connectivity index (χ3n) is 2.23. The van der Waals surface area contributed by atoms with E-state index in [9.17, 15) is 0 Å². The molecular weight excluding hydrogens is 156 g/mol. The predicted molar refractivity (Wildman–Crippen MR) is 57.4 cm³/mol. The summed E-state index contributed by atoms with van der Waals surface area (Å²) in [5, 5.41) is 0. The summed E-state index contributed by atoms with van der Waals surface area (Å²) in [4.78, 5) is 0. The summed E-state index contributed by atoms with van der Waals surface area (Å²) in [5.74, 6) is 5.62. The molecule has 13 heavy (non-hydrogen) atoms. The van der Waals surface area contributed by atoms with E-state index in [2.05, 4.69) is 18.8 Å². The highest BCUT2D eigenvalue weighted by Crippen LogP contribution is 2.15. The van der Waals surface area contributed by atoms with Crippen LogP contribution in [0, 0.1) is 30.6 Å². The molecule has 0 amide bonds. The van der Waals surface area contributed by atoms with Gasteiger partial charge in [-0.3, -0.25) is 0 Å². The normalized spacial score (nSPS) is 11.6. The maximum Gasteiger partial charge on any atom is 0.0213 e. The molecule has 1 unspecified atom stereocenters. The van der Waals surface area contributed by atoms with Crippen molar-refractivity contribution in [1.82, 2.24) is 0 Å². The van der Waals surface area contributed by atoms with Crippen molar-refractivity contribution in [3.8, 4) is 18.3 Å². The largest absolute Gasteiger partial charge is 0.120 e. The zero-order valence-corrected chi connectivity index (χ0v) is 8.60. The Balaban J connectivity index is 3.39. The van der Waals surface area contributed by atoms with Crippen LogP contribution in [0.1, 0.15) is 51.9 Å². The Kier molecular flexibility index (Phi) is 8.59. The summed E-state index contributed by atoms with van der Waals surface area (Å²) in [6.07, 6.45) is 20.0. The minimum Gasteiger partial charge on any atom is -0.120 e. The van der Waals surface area contributed by atoms with Gasteiger partial charge in [0.15, 0.2) is 0 Å². The number of hydrogen-bond acceptors (Lipinski definition) is 0. The fourth-order valence-electron chi connectivity index (χ4n) is 1.36. The lowest BCUT2D eigenvalue weighted by atomic mass is 9.96. The Bertz CT molecular complexity index is 177. The van der Waals surface area contributed by atoms with Gasteiger partial charge in [0, 0.05) is 12.3 Å². The van der Waals surface area contributed by atoms with E-state index in [0.29, 0.717) is 5.92 Å². The van der Waals surface area contributed by atoms with E-state index < -0.39 is 0 Å². The minimum absolute atomic E-state index is 0.373. The van der Waals surface area contributed by atoms with Crippen LogP contribution < -0.4 is 0 Å². The first-order valence-electron chi connectivity index (χ1n) is 5.20. The maximum absolute atomic E-state index is 7.13. The van der Waals surface area contributed by atoms with Gasteiger partial charge < -0.3 is 0 Å². The van der Waals surface area contributed by atoms with E-state index in [-0.39, 0.29) is 0 Å². The SMILES string of the molecule is [C]#CC(CCCC)CCCCC#C. The van der Waals surface area contributed by atoms with E-state index >= 15 is 0 Å². The quantitative estimate of drug-likeness (QED) is 0.410. The summed E-state index contributed by atoms with van der Waals surface area (Å²) in [7, 11) is 0. The Morgan fingerprint density at radius 1 is 1.23 bits per heavy atom. The molecular formula is C13H19. The first-order chi connectivity index (χ1) is 6.35. The van der Waals surface area contributed by atoms with Crippen LogP contribution in [0.25, 0.3) is 0 Å². The molecule has 0 N–H and O–H groups in total. The lowest BCUT2D eigenvalue weighted by Crippen LogP contribution is -1.96. The minimum atomic E-state index is 0.373. The predicted octanol–water partition coefficient (Wildman–Crippen LogP) is 3.58. The fourth-order valence-corrected chi connectivity index (χ4v) is 1.36. The standard InChI is InChI=1S/C13H19/c1-4-7-9-10-12-13(6-3)11-8-5-2/h1,13H,5,7-12H2,2H3. The Labute approximate surface area is 83.1 Å². The van der Waals surface area contributed by atoms with Crippen molar-refractivity contribution in [2.75, 3.05) is 0 Å². The first-order valence-corrected chi connectivity index (χ1v) is 5.20. The summed E-state index contributed by atoms with van der Waals surface area (Å²) in [6.45, 7) is 2.18.